The Morgan fingerprint density at radius 3 is 2.89 bits per heavy atom. The largest absolute Gasteiger partial charge is 0.494 e. The molecule has 0 aliphatic carbocycles. The predicted octanol–water partition coefficient (Wildman–Crippen LogP) is 2.80. The second-order valence-electron chi connectivity index (χ2n) is 5.42. The number of ether oxygens (including phenoxy) is 1. The molecule has 1 unspecified atom stereocenters. The quantitative estimate of drug-likeness (QED) is 0.907. The fourth-order valence-corrected chi connectivity index (χ4v) is 2.72. The molecular weight excluding hydrogens is 243 g/mol. The first-order valence-corrected chi connectivity index (χ1v) is 6.94. The molecular formula is C15H23FN2O. The molecule has 0 radical (unpaired) electrons. The van der Waals surface area contributed by atoms with Gasteiger partial charge in [-0.2, -0.15) is 0 Å². The van der Waals surface area contributed by atoms with Crippen LogP contribution in [0.25, 0.3) is 0 Å². The second-order valence-corrected chi connectivity index (χ2v) is 5.42. The van der Waals surface area contributed by atoms with Gasteiger partial charge in [0.1, 0.15) is 11.6 Å². The molecule has 1 aliphatic heterocycles. The normalized spacial score (nSPS) is 19.8. The predicted molar refractivity (Wildman–Crippen MR) is 76.5 cm³/mol. The van der Waals surface area contributed by atoms with E-state index in [0.29, 0.717) is 17.8 Å². The lowest BCUT2D eigenvalue weighted by molar-refractivity contribution is 0.384. The Bertz CT molecular complexity index is 423. The number of hydrogen-bond donors (Lipinski definition) is 1. The molecule has 106 valence electrons. The summed E-state index contributed by atoms with van der Waals surface area (Å²) in [6.07, 6.45) is 2.34. The van der Waals surface area contributed by atoms with Crippen LogP contribution in [0.4, 0.5) is 10.1 Å². The van der Waals surface area contributed by atoms with Gasteiger partial charge in [0.25, 0.3) is 0 Å². The van der Waals surface area contributed by atoms with E-state index in [1.807, 2.05) is 6.07 Å². The van der Waals surface area contributed by atoms with Crippen molar-refractivity contribution in [2.45, 2.75) is 38.8 Å². The number of halogens is 1. The van der Waals surface area contributed by atoms with Gasteiger partial charge in [0.2, 0.25) is 0 Å². The van der Waals surface area contributed by atoms with Crippen LogP contribution in [0.3, 0.4) is 0 Å². The number of rotatable bonds is 4. The molecule has 4 heteroatoms. The molecule has 1 saturated heterocycles. The first kappa shape index (κ1) is 14.1. The zero-order valence-corrected chi connectivity index (χ0v) is 11.9. The zero-order valence-electron chi connectivity index (χ0n) is 11.9. The SMILES string of the molecule is COc1cc(F)ccc1N1CCCC(NC(C)C)C1. The van der Waals surface area contributed by atoms with Gasteiger partial charge in [-0.3, -0.25) is 0 Å². The molecule has 0 amide bonds. The van der Waals surface area contributed by atoms with E-state index in [1.165, 1.54) is 18.6 Å². The minimum Gasteiger partial charge on any atom is -0.494 e. The Morgan fingerprint density at radius 1 is 1.42 bits per heavy atom. The average molecular weight is 266 g/mol. The Labute approximate surface area is 114 Å². The number of nitrogens with zero attached hydrogens (tertiary/aromatic N) is 1. The molecule has 0 aromatic heterocycles. The topological polar surface area (TPSA) is 24.5 Å². The molecule has 0 saturated carbocycles. The van der Waals surface area contributed by atoms with Crippen molar-refractivity contribution in [3.63, 3.8) is 0 Å². The lowest BCUT2D eigenvalue weighted by Gasteiger charge is -2.36. The highest BCUT2D eigenvalue weighted by Gasteiger charge is 2.22. The van der Waals surface area contributed by atoms with Crippen LogP contribution < -0.4 is 15.0 Å². The number of anilines is 1. The Kier molecular flexibility index (Phi) is 4.64. The number of hydrogen-bond acceptors (Lipinski definition) is 3. The summed E-state index contributed by atoms with van der Waals surface area (Å²) in [5, 5.41) is 3.57. The molecule has 0 spiro atoms. The van der Waals surface area contributed by atoms with Gasteiger partial charge in [-0.25, -0.2) is 4.39 Å². The van der Waals surface area contributed by atoms with Crippen molar-refractivity contribution in [3.05, 3.63) is 24.0 Å². The number of nitrogens with one attached hydrogen (secondary N) is 1. The summed E-state index contributed by atoms with van der Waals surface area (Å²) in [6.45, 7) is 6.27. The fourth-order valence-electron chi connectivity index (χ4n) is 2.72. The van der Waals surface area contributed by atoms with Crippen LogP contribution in [0.5, 0.6) is 5.75 Å². The summed E-state index contributed by atoms with van der Waals surface area (Å²) in [5.74, 6) is 0.361. The molecule has 3 nitrogen and oxygen atoms in total. The summed E-state index contributed by atoms with van der Waals surface area (Å²) >= 11 is 0. The van der Waals surface area contributed by atoms with Crippen molar-refractivity contribution in [2.24, 2.45) is 0 Å². The van der Waals surface area contributed by atoms with Crippen molar-refractivity contribution in [1.29, 1.82) is 0 Å². The number of piperidine rings is 1. The van der Waals surface area contributed by atoms with E-state index in [1.54, 1.807) is 7.11 Å². The monoisotopic (exact) mass is 266 g/mol. The van der Waals surface area contributed by atoms with Crippen LogP contribution in [0, 0.1) is 5.82 Å². The maximum Gasteiger partial charge on any atom is 0.145 e. The molecule has 1 N–H and O–H groups in total. The van der Waals surface area contributed by atoms with E-state index in [4.69, 9.17) is 4.74 Å². The zero-order chi connectivity index (χ0) is 13.8. The van der Waals surface area contributed by atoms with E-state index < -0.39 is 0 Å². The third kappa shape index (κ3) is 3.60. The van der Waals surface area contributed by atoms with Gasteiger partial charge in [-0.05, 0) is 25.0 Å². The van der Waals surface area contributed by atoms with Crippen molar-refractivity contribution in [3.8, 4) is 5.75 Å². The maximum atomic E-state index is 13.2. The molecule has 1 atom stereocenters. The smallest absolute Gasteiger partial charge is 0.145 e. The van der Waals surface area contributed by atoms with Gasteiger partial charge in [0, 0.05) is 31.2 Å². The number of methoxy groups -OCH3 is 1. The van der Waals surface area contributed by atoms with Crippen LogP contribution in [0.1, 0.15) is 26.7 Å². The Balaban J connectivity index is 2.12. The van der Waals surface area contributed by atoms with Gasteiger partial charge in [-0.1, -0.05) is 13.8 Å². The van der Waals surface area contributed by atoms with Gasteiger partial charge >= 0.3 is 0 Å². The van der Waals surface area contributed by atoms with E-state index in [9.17, 15) is 4.39 Å². The summed E-state index contributed by atoms with van der Waals surface area (Å²) in [7, 11) is 1.59. The van der Waals surface area contributed by atoms with Crippen LogP contribution in [0.15, 0.2) is 18.2 Å². The van der Waals surface area contributed by atoms with Crippen molar-refractivity contribution >= 4 is 5.69 Å². The molecule has 1 fully saturated rings. The van der Waals surface area contributed by atoms with Crippen LogP contribution in [-0.4, -0.2) is 32.3 Å². The van der Waals surface area contributed by atoms with Crippen molar-refractivity contribution in [1.82, 2.24) is 5.32 Å². The lowest BCUT2D eigenvalue weighted by Crippen LogP contribution is -2.48. The van der Waals surface area contributed by atoms with Crippen LogP contribution in [-0.2, 0) is 0 Å². The standard InChI is InChI=1S/C15H23FN2O/c1-11(2)17-13-5-4-8-18(10-13)14-7-6-12(16)9-15(14)19-3/h6-7,9,11,13,17H,4-5,8,10H2,1-3H3. The van der Waals surface area contributed by atoms with E-state index in [-0.39, 0.29) is 5.82 Å². The Hall–Kier alpha value is -1.29. The van der Waals surface area contributed by atoms with Crippen LogP contribution >= 0.6 is 0 Å². The minimum atomic E-state index is -0.255. The first-order valence-electron chi connectivity index (χ1n) is 6.94. The van der Waals surface area contributed by atoms with Crippen molar-refractivity contribution < 1.29 is 9.13 Å². The minimum absolute atomic E-state index is 0.255. The molecule has 19 heavy (non-hydrogen) atoms. The maximum absolute atomic E-state index is 13.2. The van der Waals surface area contributed by atoms with Crippen molar-refractivity contribution in [2.75, 3.05) is 25.1 Å². The summed E-state index contributed by atoms with van der Waals surface area (Å²) < 4.78 is 18.5. The van der Waals surface area contributed by atoms with Crippen LogP contribution in [0.2, 0.25) is 0 Å². The van der Waals surface area contributed by atoms with Gasteiger partial charge in [0.05, 0.1) is 12.8 Å². The second kappa shape index (κ2) is 6.24. The summed E-state index contributed by atoms with van der Waals surface area (Å²) in [5.41, 5.74) is 0.985. The molecule has 1 heterocycles. The highest BCUT2D eigenvalue weighted by molar-refractivity contribution is 5.59. The molecule has 0 bridgehead atoms. The third-order valence-corrected chi connectivity index (χ3v) is 3.47. The first-order chi connectivity index (χ1) is 9.10. The van der Waals surface area contributed by atoms with E-state index in [0.717, 1.165) is 25.2 Å². The Morgan fingerprint density at radius 2 is 2.21 bits per heavy atom. The average Bonchev–Trinajstić information content (AvgIpc) is 2.38. The molecule has 1 aliphatic rings. The third-order valence-electron chi connectivity index (χ3n) is 3.47. The van der Waals surface area contributed by atoms with E-state index in [2.05, 4.69) is 24.1 Å². The summed E-state index contributed by atoms with van der Waals surface area (Å²) in [4.78, 5) is 2.28. The lowest BCUT2D eigenvalue weighted by atomic mass is 10.0. The van der Waals surface area contributed by atoms with Gasteiger partial charge in [-0.15, -0.1) is 0 Å². The molecule has 1 aromatic rings. The van der Waals surface area contributed by atoms with E-state index >= 15 is 0 Å². The number of benzene rings is 1. The van der Waals surface area contributed by atoms with Gasteiger partial charge < -0.3 is 15.0 Å². The molecule has 2 rings (SSSR count). The molecule has 1 aromatic carbocycles. The summed E-state index contributed by atoms with van der Waals surface area (Å²) in [6, 6.07) is 5.74. The highest BCUT2D eigenvalue weighted by Crippen LogP contribution is 2.31. The highest BCUT2D eigenvalue weighted by atomic mass is 19.1. The fraction of sp³-hybridized carbons (Fsp3) is 0.600. The van der Waals surface area contributed by atoms with Gasteiger partial charge in [0.15, 0.2) is 0 Å².